The highest BCUT2D eigenvalue weighted by Gasteiger charge is 2.19. The number of carbonyl (C=O) groups is 3. The second-order valence-corrected chi connectivity index (χ2v) is 21.3. The molecular weight excluding hydrogens is 889 g/mol. The SMILES string of the molecule is CC/C=C\C/C=C\C/C=C\C/C=C\CCCCCCC(=O)OC(COC(=O)CCCCCCCCCCCCCCCC)COC(=O)CCCCCCCCCCCCCCCCCCCCCCCCC. The van der Waals surface area contributed by atoms with E-state index in [1.54, 1.807) is 0 Å². The van der Waals surface area contributed by atoms with Crippen molar-refractivity contribution in [3.63, 3.8) is 0 Å². The second kappa shape index (κ2) is 60.9. The average molecular weight is 1010 g/mol. The fourth-order valence-corrected chi connectivity index (χ4v) is 9.38. The van der Waals surface area contributed by atoms with Gasteiger partial charge in [-0.2, -0.15) is 0 Å². The molecule has 0 saturated carbocycles. The third-order valence-corrected chi connectivity index (χ3v) is 14.1. The van der Waals surface area contributed by atoms with Crippen LogP contribution >= 0.6 is 0 Å². The lowest BCUT2D eigenvalue weighted by atomic mass is 10.0. The van der Waals surface area contributed by atoms with Gasteiger partial charge in [0.1, 0.15) is 13.2 Å². The van der Waals surface area contributed by atoms with Gasteiger partial charge >= 0.3 is 17.9 Å². The number of carbonyl (C=O) groups excluding carboxylic acids is 3. The summed E-state index contributed by atoms with van der Waals surface area (Å²) in [6, 6.07) is 0. The third-order valence-electron chi connectivity index (χ3n) is 14.1. The molecule has 0 heterocycles. The van der Waals surface area contributed by atoms with E-state index in [0.29, 0.717) is 19.3 Å². The first-order valence-electron chi connectivity index (χ1n) is 31.6. The number of ether oxygens (including phenoxy) is 3. The van der Waals surface area contributed by atoms with Crippen molar-refractivity contribution in [2.45, 2.75) is 341 Å². The summed E-state index contributed by atoms with van der Waals surface area (Å²) in [7, 11) is 0. The Balaban J connectivity index is 4.30. The fourth-order valence-electron chi connectivity index (χ4n) is 9.38. The summed E-state index contributed by atoms with van der Waals surface area (Å²) < 4.78 is 16.9. The van der Waals surface area contributed by atoms with Crippen molar-refractivity contribution < 1.29 is 28.6 Å². The number of allylic oxidation sites excluding steroid dienone is 8. The maximum Gasteiger partial charge on any atom is 0.306 e. The van der Waals surface area contributed by atoms with Gasteiger partial charge in [-0.25, -0.2) is 0 Å². The van der Waals surface area contributed by atoms with Gasteiger partial charge < -0.3 is 14.2 Å². The molecule has 6 heteroatoms. The molecule has 0 aliphatic rings. The van der Waals surface area contributed by atoms with Crippen LogP contribution in [0.2, 0.25) is 0 Å². The highest BCUT2D eigenvalue weighted by atomic mass is 16.6. The zero-order chi connectivity index (χ0) is 52.2. The first kappa shape index (κ1) is 69.4. The summed E-state index contributed by atoms with van der Waals surface area (Å²) >= 11 is 0. The molecule has 0 fully saturated rings. The van der Waals surface area contributed by atoms with Crippen LogP contribution in [0.1, 0.15) is 335 Å². The Hall–Kier alpha value is -2.63. The van der Waals surface area contributed by atoms with Gasteiger partial charge in [-0.05, 0) is 57.8 Å². The number of esters is 3. The lowest BCUT2D eigenvalue weighted by molar-refractivity contribution is -0.167. The van der Waals surface area contributed by atoms with Crippen LogP contribution < -0.4 is 0 Å². The van der Waals surface area contributed by atoms with E-state index in [-0.39, 0.29) is 31.1 Å². The van der Waals surface area contributed by atoms with Crippen LogP contribution in [0.3, 0.4) is 0 Å². The van der Waals surface area contributed by atoms with Gasteiger partial charge in [-0.1, -0.05) is 307 Å². The predicted molar refractivity (Wildman–Crippen MR) is 312 cm³/mol. The Labute approximate surface area is 448 Å². The molecule has 0 aromatic rings. The number of rotatable bonds is 58. The molecule has 1 unspecified atom stereocenters. The summed E-state index contributed by atoms with van der Waals surface area (Å²) in [5.74, 6) is -0.881. The van der Waals surface area contributed by atoms with Crippen molar-refractivity contribution in [3.05, 3.63) is 48.6 Å². The van der Waals surface area contributed by atoms with Gasteiger partial charge in [0.15, 0.2) is 6.10 Å². The molecule has 0 rings (SSSR count). The van der Waals surface area contributed by atoms with Crippen LogP contribution in [0.4, 0.5) is 0 Å². The van der Waals surface area contributed by atoms with Crippen LogP contribution in [0, 0.1) is 0 Å². The van der Waals surface area contributed by atoms with Crippen LogP contribution in [0.25, 0.3) is 0 Å². The van der Waals surface area contributed by atoms with E-state index >= 15 is 0 Å². The topological polar surface area (TPSA) is 78.9 Å². The van der Waals surface area contributed by atoms with Gasteiger partial charge in [0.2, 0.25) is 0 Å². The molecule has 0 amide bonds. The fraction of sp³-hybridized carbons (Fsp3) is 0.833. The van der Waals surface area contributed by atoms with Crippen molar-refractivity contribution in [1.29, 1.82) is 0 Å². The first-order valence-corrected chi connectivity index (χ1v) is 31.6. The number of unbranched alkanes of at least 4 members (excludes halogenated alkanes) is 39. The minimum atomic E-state index is -0.783. The Morgan fingerprint density at radius 1 is 0.292 bits per heavy atom. The van der Waals surface area contributed by atoms with E-state index in [1.807, 2.05) is 0 Å². The van der Waals surface area contributed by atoms with Gasteiger partial charge in [0, 0.05) is 19.3 Å². The third kappa shape index (κ3) is 58.3. The lowest BCUT2D eigenvalue weighted by Gasteiger charge is -2.18. The Kier molecular flexibility index (Phi) is 58.7. The van der Waals surface area contributed by atoms with E-state index in [0.717, 1.165) is 96.3 Å². The molecular formula is C66H120O6. The largest absolute Gasteiger partial charge is 0.462 e. The van der Waals surface area contributed by atoms with Gasteiger partial charge in [-0.15, -0.1) is 0 Å². The van der Waals surface area contributed by atoms with Gasteiger partial charge in [0.05, 0.1) is 0 Å². The molecule has 0 spiro atoms. The molecule has 1 atom stereocenters. The van der Waals surface area contributed by atoms with E-state index in [4.69, 9.17) is 14.2 Å². The Bertz CT molecular complexity index is 1250. The summed E-state index contributed by atoms with van der Waals surface area (Å²) in [6.07, 6.45) is 75.5. The molecule has 0 radical (unpaired) electrons. The lowest BCUT2D eigenvalue weighted by Crippen LogP contribution is -2.30. The Morgan fingerprint density at radius 3 is 0.847 bits per heavy atom. The van der Waals surface area contributed by atoms with E-state index in [2.05, 4.69) is 69.4 Å². The maximum absolute atomic E-state index is 12.9. The standard InChI is InChI=1S/C66H120O6/c1-4-7-10-13-16-19-22-25-28-30-31-32-33-34-35-37-38-41-44-47-50-53-56-59-65(68)71-62-63(61-70-64(67)58-55-52-49-46-43-40-27-24-21-18-15-12-9-6-3)72-66(69)60-57-54-51-48-45-42-39-36-29-26-23-20-17-14-11-8-5-2/h8,11,17,20,26,29,39,42,63H,4-7,9-10,12-16,18-19,21-25,27-28,30-38,40-41,43-62H2,1-3H3/b11-8-,20-17-,29-26-,42-39-. The zero-order valence-electron chi connectivity index (χ0n) is 48.2. The van der Waals surface area contributed by atoms with Crippen molar-refractivity contribution in [1.82, 2.24) is 0 Å². The van der Waals surface area contributed by atoms with E-state index < -0.39 is 6.10 Å². The highest BCUT2D eigenvalue weighted by Crippen LogP contribution is 2.18. The maximum atomic E-state index is 12.9. The molecule has 420 valence electrons. The Morgan fingerprint density at radius 2 is 0.542 bits per heavy atom. The quantitative estimate of drug-likeness (QED) is 0.0261. The average Bonchev–Trinajstić information content (AvgIpc) is 3.38. The highest BCUT2D eigenvalue weighted by molar-refractivity contribution is 5.71. The number of hydrogen-bond acceptors (Lipinski definition) is 6. The van der Waals surface area contributed by atoms with Crippen molar-refractivity contribution in [2.75, 3.05) is 13.2 Å². The van der Waals surface area contributed by atoms with Gasteiger partial charge in [-0.3, -0.25) is 14.4 Å². The number of hydrogen-bond donors (Lipinski definition) is 0. The van der Waals surface area contributed by atoms with Gasteiger partial charge in [0.25, 0.3) is 0 Å². The van der Waals surface area contributed by atoms with E-state index in [1.165, 1.54) is 199 Å². The van der Waals surface area contributed by atoms with Crippen molar-refractivity contribution in [2.24, 2.45) is 0 Å². The zero-order valence-corrected chi connectivity index (χ0v) is 48.2. The predicted octanol–water partition coefficient (Wildman–Crippen LogP) is 21.4. The molecule has 0 aliphatic heterocycles. The smallest absolute Gasteiger partial charge is 0.306 e. The summed E-state index contributed by atoms with van der Waals surface area (Å²) in [6.45, 7) is 6.56. The van der Waals surface area contributed by atoms with Crippen LogP contribution in [-0.2, 0) is 28.6 Å². The summed E-state index contributed by atoms with van der Waals surface area (Å²) in [5, 5.41) is 0. The van der Waals surface area contributed by atoms with Crippen LogP contribution in [0.5, 0.6) is 0 Å². The summed E-state index contributed by atoms with van der Waals surface area (Å²) in [4.78, 5) is 38.3. The molecule has 0 N–H and O–H groups in total. The first-order chi connectivity index (χ1) is 35.5. The summed E-state index contributed by atoms with van der Waals surface area (Å²) in [5.41, 5.74) is 0. The molecule has 72 heavy (non-hydrogen) atoms. The minimum Gasteiger partial charge on any atom is -0.462 e. The molecule has 0 aromatic heterocycles. The van der Waals surface area contributed by atoms with Crippen LogP contribution in [0.15, 0.2) is 48.6 Å². The monoisotopic (exact) mass is 1010 g/mol. The van der Waals surface area contributed by atoms with Crippen molar-refractivity contribution >= 4 is 17.9 Å². The van der Waals surface area contributed by atoms with E-state index in [9.17, 15) is 14.4 Å². The van der Waals surface area contributed by atoms with Crippen molar-refractivity contribution in [3.8, 4) is 0 Å². The molecule has 0 aromatic carbocycles. The molecule has 0 aliphatic carbocycles. The molecule has 0 saturated heterocycles. The molecule has 6 nitrogen and oxygen atoms in total. The minimum absolute atomic E-state index is 0.0784. The molecule has 0 bridgehead atoms. The normalized spacial score (nSPS) is 12.3. The van der Waals surface area contributed by atoms with Crippen LogP contribution in [-0.4, -0.2) is 37.2 Å². The second-order valence-electron chi connectivity index (χ2n) is 21.3.